The van der Waals surface area contributed by atoms with E-state index in [1.165, 1.54) is 82.1 Å². The van der Waals surface area contributed by atoms with Crippen molar-refractivity contribution in [3.8, 4) is 175 Å². The third kappa shape index (κ3) is 14.2. The van der Waals surface area contributed by atoms with E-state index < -0.39 is 0 Å². The summed E-state index contributed by atoms with van der Waals surface area (Å²) >= 11 is 0. The summed E-state index contributed by atoms with van der Waals surface area (Å²) in [6, 6.07) is 185. The van der Waals surface area contributed by atoms with Gasteiger partial charge in [-0.2, -0.15) is 0 Å². The summed E-state index contributed by atoms with van der Waals surface area (Å²) in [5.74, 6) is 10.4. The fourth-order valence-corrected chi connectivity index (χ4v) is 24.1. The second-order valence-electron chi connectivity index (χ2n) is 39.4. The molecule has 3 aromatic heterocycles. The van der Waals surface area contributed by atoms with Crippen LogP contribution in [0, 0.1) is 0 Å². The fraction of sp³-hybridized carbons (Fsp3) is 0. The second kappa shape index (κ2) is 35.2. The van der Waals surface area contributed by atoms with Crippen LogP contribution in [0.25, 0.3) is 171 Å². The molecule has 150 heavy (non-hydrogen) atoms. The lowest BCUT2D eigenvalue weighted by Crippen LogP contribution is -2.57. The van der Waals surface area contributed by atoms with Gasteiger partial charge in [-0.05, 0) is 245 Å². The van der Waals surface area contributed by atoms with E-state index in [1.807, 2.05) is 12.1 Å². The van der Waals surface area contributed by atoms with E-state index in [2.05, 4.69) is 523 Å². The summed E-state index contributed by atoms with van der Waals surface area (Å²) in [5.41, 5.74) is 38.6. The first kappa shape index (κ1) is 86.0. The van der Waals surface area contributed by atoms with Gasteiger partial charge in [0.05, 0.1) is 33.1 Å². The van der Waals surface area contributed by atoms with Crippen LogP contribution in [0.1, 0.15) is 0 Å². The number of nitrogens with zero attached hydrogens (tertiary/aromatic N) is 3. The summed E-state index contributed by atoms with van der Waals surface area (Å²) in [7, 11) is 0. The molecule has 0 aliphatic carbocycles. The van der Waals surface area contributed by atoms with Crippen LogP contribution in [0.4, 0.5) is 0 Å². The van der Waals surface area contributed by atoms with Gasteiger partial charge in [-0.1, -0.05) is 382 Å². The van der Waals surface area contributed by atoms with Crippen LogP contribution in [-0.4, -0.2) is 33.8 Å². The molecule has 32 rings (SSSR count). The zero-order chi connectivity index (χ0) is 98.5. The van der Waals surface area contributed by atoms with Gasteiger partial charge in [0, 0.05) is 82.5 Å². The summed E-state index contributed by atoms with van der Waals surface area (Å²) in [6.45, 7) is -0.0917. The zero-order valence-corrected chi connectivity index (χ0v) is 81.2. The van der Waals surface area contributed by atoms with Gasteiger partial charge in [-0.3, -0.25) is 0 Å². The Kier molecular flexibility index (Phi) is 20.2. The number of benzene rings is 23. The molecule has 0 atom stereocenters. The van der Waals surface area contributed by atoms with E-state index in [4.69, 9.17) is 28.4 Å². The predicted octanol–water partition coefficient (Wildman–Crippen LogP) is 29.9. The smallest absolute Gasteiger partial charge is 0.260 e. The molecule has 23 aromatic carbocycles. The van der Waals surface area contributed by atoms with Crippen molar-refractivity contribution < 1.29 is 28.4 Å². The lowest BCUT2D eigenvalue weighted by molar-refractivity contribution is 0.465. The summed E-state index contributed by atoms with van der Waals surface area (Å²) in [5, 5.41) is 7.54. The second-order valence-corrected chi connectivity index (χ2v) is 39.4. The first-order chi connectivity index (χ1) is 74.4. The van der Waals surface area contributed by atoms with Crippen LogP contribution in [0.15, 0.2) is 522 Å². The minimum atomic E-state index is -0.0679. The molecule has 12 heteroatoms. The molecule has 0 fully saturated rings. The third-order valence-corrected chi connectivity index (χ3v) is 31.0. The van der Waals surface area contributed by atoms with Crippen LogP contribution in [0.5, 0.6) is 69.0 Å². The van der Waals surface area contributed by atoms with Crippen molar-refractivity contribution in [2.45, 2.75) is 0 Å². The number of rotatable bonds is 11. The topological polar surface area (TPSA) is 70.2 Å². The molecule has 6 aliphatic rings. The molecule has 0 saturated carbocycles. The largest absolute Gasteiger partial charge is 0.458 e. The van der Waals surface area contributed by atoms with Gasteiger partial charge in [0.2, 0.25) is 0 Å². The highest BCUT2D eigenvalue weighted by molar-refractivity contribution is 7.00. The van der Waals surface area contributed by atoms with Crippen LogP contribution in [0.3, 0.4) is 0 Å². The highest BCUT2D eigenvalue weighted by Gasteiger charge is 2.46. The van der Waals surface area contributed by atoms with Crippen molar-refractivity contribution in [2.75, 3.05) is 0 Å². The van der Waals surface area contributed by atoms with Gasteiger partial charge >= 0.3 is 0 Å². The van der Waals surface area contributed by atoms with Gasteiger partial charge in [0.1, 0.15) is 69.0 Å². The first-order valence-corrected chi connectivity index (χ1v) is 51.3. The number of aromatic nitrogens is 3. The number of ether oxygens (including phenoxy) is 6. The SMILES string of the molecule is c1ccc(-c2cc3c4c(c2)Oc2c(cccc2-c2ccc(-n5c6ccccc6c6ccccc65)cc2)B4c2ccccc2O3)cc1.c1ccc(-c2ccc3c(c2)B2c4cc(-c5ccccc5)ccc4Oc4c(-c5ccc(-n6c7ccccc7c7ccccc76)cc5)ccc(c42)O3)cc1.c1ccc(-c2ccc3c(c2)Oc2ccc(-c4ccc(-n5c6ccccc6c6ccccc65)cc4)c4c2B3c2ccc(-c3ccccc3)cc2O4)cc1. The molecular formula is C138H86B3N3O6. The first-order valence-electron chi connectivity index (χ1n) is 51.3. The Labute approximate surface area is 867 Å². The number of hydrogen-bond donors (Lipinski definition) is 0. The Morgan fingerprint density at radius 2 is 0.393 bits per heavy atom. The lowest BCUT2D eigenvalue weighted by atomic mass is 9.34. The molecule has 0 amide bonds. The molecule has 26 aromatic rings. The Hall–Kier alpha value is -19.5. The molecule has 6 aliphatic heterocycles. The van der Waals surface area contributed by atoms with Gasteiger partial charge in [0.25, 0.3) is 20.1 Å². The Morgan fingerprint density at radius 1 is 0.133 bits per heavy atom. The minimum absolute atomic E-state index is 0.0142. The predicted molar refractivity (Wildman–Crippen MR) is 619 cm³/mol. The molecule has 0 unspecified atom stereocenters. The van der Waals surface area contributed by atoms with Gasteiger partial charge < -0.3 is 42.1 Å². The van der Waals surface area contributed by atoms with Crippen LogP contribution in [-0.2, 0) is 0 Å². The minimum Gasteiger partial charge on any atom is -0.458 e. The highest BCUT2D eigenvalue weighted by Crippen LogP contribution is 2.49. The van der Waals surface area contributed by atoms with E-state index in [9.17, 15) is 0 Å². The monoisotopic (exact) mass is 1910 g/mol. The molecule has 9 heterocycles. The van der Waals surface area contributed by atoms with Crippen molar-refractivity contribution in [3.05, 3.63) is 522 Å². The van der Waals surface area contributed by atoms with Crippen LogP contribution < -0.4 is 77.6 Å². The van der Waals surface area contributed by atoms with E-state index >= 15 is 0 Å². The number of fused-ring (bicyclic) bond motifs is 21. The van der Waals surface area contributed by atoms with Gasteiger partial charge in [-0.25, -0.2) is 0 Å². The summed E-state index contributed by atoms with van der Waals surface area (Å²) < 4.78 is 48.0. The Bertz CT molecular complexity index is 9750. The van der Waals surface area contributed by atoms with E-state index in [0.29, 0.717) is 0 Å². The van der Waals surface area contributed by atoms with Gasteiger partial charge in [-0.15, -0.1) is 0 Å². The van der Waals surface area contributed by atoms with Crippen molar-refractivity contribution in [3.63, 3.8) is 0 Å². The molecule has 698 valence electrons. The molecule has 9 nitrogen and oxygen atoms in total. The quantitative estimate of drug-likeness (QED) is 0.120. The maximum atomic E-state index is 7.01. The standard InChI is InChI=1S/2C48H30BNO2.C42H26BNO2/c1-3-11-31(12-4-1)34-21-26-44-40(29-34)49-41-30-35(32-13-5-2-6-14-32)22-27-45(41)52-48-37(25-28-46(51-44)47(48)49)33-19-23-36(24-20-33)50-42-17-9-7-15-38(42)39-16-8-10-18-43(39)50;1-3-11-31(12-4-1)34-21-26-40-45(29-34)51-44-28-25-37(48-47(44)49(40)41-27-22-35(30-46(41)52-48)32-13-5-2-6-14-32)33-19-23-36(24-20-33)50-42-17-9-7-15-38(42)39-16-8-10-18-43(39)50;1-2-11-27(12-3-1)29-25-39-41-40(26-29)46-42-31(15-10-17-35(42)43(41)34-16-6-9-20-38(34)45-39)28-21-23-30(24-22-28)44-36-18-7-4-13-32(36)33-14-5-8-19-37(33)44/h2*1-30H;1-26H. The lowest BCUT2D eigenvalue weighted by Gasteiger charge is -2.34. The van der Waals surface area contributed by atoms with E-state index in [0.717, 1.165) is 208 Å². The Balaban J connectivity index is 0.000000104. The van der Waals surface area contributed by atoms with E-state index in [-0.39, 0.29) is 20.1 Å². The van der Waals surface area contributed by atoms with Crippen molar-refractivity contribution >= 4 is 135 Å². The van der Waals surface area contributed by atoms with Crippen molar-refractivity contribution in [1.29, 1.82) is 0 Å². The third-order valence-electron chi connectivity index (χ3n) is 31.0. The molecule has 0 radical (unpaired) electrons. The normalized spacial score (nSPS) is 12.5. The molecular weight excluding hydrogens is 1830 g/mol. The number of hydrogen-bond acceptors (Lipinski definition) is 6. The number of para-hydroxylation sites is 8. The van der Waals surface area contributed by atoms with Crippen molar-refractivity contribution in [1.82, 2.24) is 13.7 Å². The molecule has 0 saturated heterocycles. The van der Waals surface area contributed by atoms with Crippen LogP contribution in [0.2, 0.25) is 0 Å². The highest BCUT2D eigenvalue weighted by atomic mass is 16.5. The van der Waals surface area contributed by atoms with Gasteiger partial charge in [0.15, 0.2) is 0 Å². The zero-order valence-electron chi connectivity index (χ0n) is 81.2. The maximum Gasteiger partial charge on any atom is 0.260 e. The summed E-state index contributed by atoms with van der Waals surface area (Å²) in [6.07, 6.45) is 0. The molecule has 0 N–H and O–H groups in total. The van der Waals surface area contributed by atoms with E-state index in [1.54, 1.807) is 0 Å². The summed E-state index contributed by atoms with van der Waals surface area (Å²) in [4.78, 5) is 0. The molecule has 0 bridgehead atoms. The maximum absolute atomic E-state index is 7.01. The average Bonchev–Trinajstić information content (AvgIpc) is 1.16. The molecule has 0 spiro atoms. The fourth-order valence-electron chi connectivity index (χ4n) is 24.1. The van der Waals surface area contributed by atoms with Crippen LogP contribution >= 0.6 is 0 Å². The average molecular weight is 1910 g/mol. The van der Waals surface area contributed by atoms with Crippen molar-refractivity contribution in [2.24, 2.45) is 0 Å². The Morgan fingerprint density at radius 3 is 0.807 bits per heavy atom.